The van der Waals surface area contributed by atoms with Gasteiger partial charge in [0.15, 0.2) is 11.4 Å². The third-order valence-corrected chi connectivity index (χ3v) is 7.82. The summed E-state index contributed by atoms with van der Waals surface area (Å²) >= 11 is 0. The van der Waals surface area contributed by atoms with E-state index in [4.69, 9.17) is 5.73 Å². The molecule has 0 bridgehead atoms. The van der Waals surface area contributed by atoms with Crippen molar-refractivity contribution in [3.05, 3.63) is 76.6 Å². The van der Waals surface area contributed by atoms with Crippen molar-refractivity contribution in [2.75, 3.05) is 14.1 Å². The van der Waals surface area contributed by atoms with Crippen LogP contribution in [-0.2, 0) is 11.2 Å². The van der Waals surface area contributed by atoms with Gasteiger partial charge in [0.2, 0.25) is 5.78 Å². The van der Waals surface area contributed by atoms with Gasteiger partial charge in [-0.25, -0.2) is 0 Å². The Hall–Kier alpha value is -3.82. The van der Waals surface area contributed by atoms with Crippen LogP contribution in [0, 0.1) is 11.8 Å². The highest BCUT2D eigenvalue weighted by Crippen LogP contribution is 2.53. The summed E-state index contributed by atoms with van der Waals surface area (Å²) in [4.78, 5) is 37.7. The Morgan fingerprint density at radius 2 is 1.94 bits per heavy atom. The van der Waals surface area contributed by atoms with Gasteiger partial charge in [0.05, 0.1) is 17.5 Å². The first-order valence-electron chi connectivity index (χ1n) is 11.7. The molecule has 36 heavy (non-hydrogen) atoms. The number of aliphatic hydroxyl groups excluding tert-OH is 1. The summed E-state index contributed by atoms with van der Waals surface area (Å²) in [6.45, 7) is 5.48. The number of nitrogens with zero attached hydrogens (tertiary/aromatic N) is 3. The Balaban J connectivity index is 1.73. The molecule has 0 spiro atoms. The average molecular weight is 489 g/mol. The summed E-state index contributed by atoms with van der Waals surface area (Å²) in [6.07, 6.45) is 5.24. The monoisotopic (exact) mass is 488 g/mol. The van der Waals surface area contributed by atoms with E-state index in [1.54, 1.807) is 31.6 Å². The van der Waals surface area contributed by atoms with E-state index >= 15 is 0 Å². The molecule has 0 saturated carbocycles. The summed E-state index contributed by atoms with van der Waals surface area (Å²) in [5.74, 6) is -3.53. The Morgan fingerprint density at radius 1 is 1.22 bits per heavy atom. The summed E-state index contributed by atoms with van der Waals surface area (Å²) in [5, 5.41) is 34.0. The molecule has 5 rings (SSSR count). The van der Waals surface area contributed by atoms with Gasteiger partial charge in [-0.05, 0) is 63.0 Å². The number of Topliss-reactive ketones (excluding diaryl/α,β-unsaturated/α-hetero) is 2. The zero-order chi connectivity index (χ0) is 26.1. The minimum absolute atomic E-state index is 0.0114. The Kier molecular flexibility index (Phi) is 5.38. The molecule has 0 saturated heterocycles. The molecule has 9 nitrogen and oxygen atoms in total. The van der Waals surface area contributed by atoms with E-state index in [0.29, 0.717) is 28.8 Å². The first-order chi connectivity index (χ1) is 17.0. The van der Waals surface area contributed by atoms with Crippen LogP contribution in [0.2, 0.25) is 0 Å². The van der Waals surface area contributed by atoms with Crippen LogP contribution < -0.4 is 5.73 Å². The smallest absolute Gasteiger partial charge is 0.204 e. The van der Waals surface area contributed by atoms with Crippen molar-refractivity contribution in [3.8, 4) is 17.0 Å². The fourth-order valence-corrected chi connectivity index (χ4v) is 6.41. The van der Waals surface area contributed by atoms with Crippen LogP contribution in [0.25, 0.3) is 11.3 Å². The van der Waals surface area contributed by atoms with Gasteiger partial charge >= 0.3 is 0 Å². The number of carbonyl (C=O) groups is 2. The standard InChI is InChI=1S/C27H28N4O5/c1-12-20(13(2)28)25(34)27(36)17(23(12)31(3)4)10-14-9-16-15(18-11-29-7-8-30-18)5-6-19(32)22(16)24(33)21(14)26(27)35/h5-8,11,14,17,23,32,35-36H,2,9-10,28H2,1,3-4H3/t14-,17-,23?,27+/m0/s1. The fraction of sp³-hybridized carbons (Fsp3) is 0.333. The number of phenolic OH excluding ortho intramolecular Hbond substituents is 1. The highest BCUT2D eigenvalue weighted by molar-refractivity contribution is 6.16. The molecule has 1 heterocycles. The van der Waals surface area contributed by atoms with Gasteiger partial charge in [-0.15, -0.1) is 0 Å². The van der Waals surface area contributed by atoms with E-state index in [9.17, 15) is 24.9 Å². The minimum atomic E-state index is -2.34. The van der Waals surface area contributed by atoms with Crippen molar-refractivity contribution in [2.24, 2.45) is 17.6 Å². The second-order valence-electron chi connectivity index (χ2n) is 10.00. The number of rotatable bonds is 3. The van der Waals surface area contributed by atoms with Crippen LogP contribution in [0.4, 0.5) is 0 Å². The quantitative estimate of drug-likeness (QED) is 0.509. The van der Waals surface area contributed by atoms with Crippen LogP contribution in [0.5, 0.6) is 5.75 Å². The number of phenols is 1. The van der Waals surface area contributed by atoms with Gasteiger partial charge in [-0.2, -0.15) is 0 Å². The second-order valence-corrected chi connectivity index (χ2v) is 10.00. The van der Waals surface area contributed by atoms with Crippen molar-refractivity contribution in [2.45, 2.75) is 31.4 Å². The molecular weight excluding hydrogens is 460 g/mol. The van der Waals surface area contributed by atoms with Crippen molar-refractivity contribution in [1.29, 1.82) is 0 Å². The number of likely N-dealkylation sites (N-methyl/N-ethyl adjacent to an activating group) is 1. The minimum Gasteiger partial charge on any atom is -0.508 e. The normalized spacial score (nSPS) is 27.6. The first kappa shape index (κ1) is 23.9. The fourth-order valence-electron chi connectivity index (χ4n) is 6.41. The maximum Gasteiger partial charge on any atom is 0.204 e. The van der Waals surface area contributed by atoms with Crippen LogP contribution in [-0.4, -0.2) is 67.5 Å². The summed E-state index contributed by atoms with van der Waals surface area (Å²) in [6, 6.07) is 2.65. The van der Waals surface area contributed by atoms with Gasteiger partial charge in [-0.1, -0.05) is 6.58 Å². The number of nitrogens with two attached hydrogens (primary N) is 1. The first-order valence-corrected chi connectivity index (χ1v) is 11.7. The molecule has 3 aliphatic carbocycles. The number of carbonyl (C=O) groups excluding carboxylic acids is 2. The maximum atomic E-state index is 13.8. The van der Waals surface area contributed by atoms with Crippen LogP contribution in [0.3, 0.4) is 0 Å². The zero-order valence-electron chi connectivity index (χ0n) is 20.3. The summed E-state index contributed by atoms with van der Waals surface area (Å²) in [5.41, 5.74) is 6.08. The molecule has 1 aromatic carbocycles. The molecule has 1 unspecified atom stereocenters. The largest absolute Gasteiger partial charge is 0.508 e. The van der Waals surface area contributed by atoms with Crippen molar-refractivity contribution in [3.63, 3.8) is 0 Å². The van der Waals surface area contributed by atoms with Crippen LogP contribution >= 0.6 is 0 Å². The number of aromatic hydroxyl groups is 1. The molecule has 1 aromatic heterocycles. The summed E-state index contributed by atoms with van der Waals surface area (Å²) in [7, 11) is 3.65. The molecule has 0 aliphatic heterocycles. The third-order valence-electron chi connectivity index (χ3n) is 7.82. The molecular formula is C27H28N4O5. The number of fused-ring (bicyclic) bond motifs is 3. The van der Waals surface area contributed by atoms with Gasteiger partial charge in [0, 0.05) is 46.8 Å². The number of allylic oxidation sites excluding steroid dienone is 2. The predicted molar refractivity (Wildman–Crippen MR) is 132 cm³/mol. The number of ketones is 2. The number of aromatic nitrogens is 2. The number of hydrogen-bond donors (Lipinski definition) is 4. The van der Waals surface area contributed by atoms with E-state index in [2.05, 4.69) is 16.5 Å². The van der Waals surface area contributed by atoms with E-state index in [0.717, 1.165) is 0 Å². The predicted octanol–water partition coefficient (Wildman–Crippen LogP) is 2.07. The number of aliphatic hydroxyl groups is 2. The van der Waals surface area contributed by atoms with Gasteiger partial charge in [0.25, 0.3) is 0 Å². The van der Waals surface area contributed by atoms with Crippen molar-refractivity contribution in [1.82, 2.24) is 14.9 Å². The molecule has 2 aromatic rings. The third kappa shape index (κ3) is 3.09. The van der Waals surface area contributed by atoms with Crippen molar-refractivity contribution >= 4 is 11.6 Å². The second kappa shape index (κ2) is 8.11. The maximum absolute atomic E-state index is 13.8. The molecule has 4 atom stereocenters. The lowest BCUT2D eigenvalue weighted by Crippen LogP contribution is -2.62. The van der Waals surface area contributed by atoms with Gasteiger partial charge in [-0.3, -0.25) is 19.6 Å². The SMILES string of the molecule is C=C(N)C1=C(C)C(N(C)C)[C@@H]2C[C@@H]3Cc4c(-c5cnccn5)ccc(O)c4C(=O)C3=C(O)[C@]2(O)C1=O. The number of benzene rings is 1. The van der Waals surface area contributed by atoms with E-state index < -0.39 is 40.8 Å². The lowest BCUT2D eigenvalue weighted by atomic mass is 9.57. The van der Waals surface area contributed by atoms with E-state index in [1.807, 2.05) is 19.0 Å². The van der Waals surface area contributed by atoms with E-state index in [-0.39, 0.29) is 34.6 Å². The lowest BCUT2D eigenvalue weighted by Gasteiger charge is -2.51. The van der Waals surface area contributed by atoms with Crippen LogP contribution in [0.1, 0.15) is 29.3 Å². The number of hydrogen-bond acceptors (Lipinski definition) is 9. The van der Waals surface area contributed by atoms with Crippen LogP contribution in [0.15, 0.2) is 65.5 Å². The molecule has 9 heteroatoms. The Labute approximate surface area is 208 Å². The molecule has 3 aliphatic rings. The molecule has 186 valence electrons. The van der Waals surface area contributed by atoms with Crippen molar-refractivity contribution < 1.29 is 24.9 Å². The molecule has 0 fully saturated rings. The lowest BCUT2D eigenvalue weighted by molar-refractivity contribution is -0.145. The van der Waals surface area contributed by atoms with E-state index in [1.165, 1.54) is 6.07 Å². The molecule has 5 N–H and O–H groups in total. The zero-order valence-corrected chi connectivity index (χ0v) is 20.3. The van der Waals surface area contributed by atoms with Gasteiger partial charge in [0.1, 0.15) is 11.5 Å². The molecule has 0 radical (unpaired) electrons. The highest BCUT2D eigenvalue weighted by atomic mass is 16.3. The Morgan fingerprint density at radius 3 is 2.56 bits per heavy atom. The topological polar surface area (TPSA) is 150 Å². The average Bonchev–Trinajstić information content (AvgIpc) is 2.81. The Bertz CT molecular complexity index is 1390. The summed E-state index contributed by atoms with van der Waals surface area (Å²) < 4.78 is 0. The highest BCUT2D eigenvalue weighted by Gasteiger charge is 2.61. The van der Waals surface area contributed by atoms with Gasteiger partial charge < -0.3 is 26.0 Å². The molecule has 0 amide bonds.